The molecule has 4 aromatic carbocycles. The van der Waals surface area contributed by atoms with Crippen LogP contribution in [0.3, 0.4) is 0 Å². The van der Waals surface area contributed by atoms with Gasteiger partial charge in [0.25, 0.3) is 0 Å². The van der Waals surface area contributed by atoms with E-state index < -0.39 is 0 Å². The zero-order valence-corrected chi connectivity index (χ0v) is 18.5. The first-order valence-electron chi connectivity index (χ1n) is 11.2. The van der Waals surface area contributed by atoms with E-state index in [0.717, 1.165) is 41.2 Å². The second kappa shape index (κ2) is 9.09. The Labute approximate surface area is 195 Å². The van der Waals surface area contributed by atoms with Crippen LogP contribution in [0.1, 0.15) is 18.4 Å². The summed E-state index contributed by atoms with van der Waals surface area (Å²) in [7, 11) is 0. The van der Waals surface area contributed by atoms with Crippen molar-refractivity contribution in [2.75, 3.05) is 16.4 Å². The Balaban J connectivity index is 1.48. The fourth-order valence-electron chi connectivity index (χ4n) is 4.29. The number of nitrogens with zero attached hydrogens (tertiary/aromatic N) is 1. The zero-order chi connectivity index (χ0) is 22.6. The van der Waals surface area contributed by atoms with E-state index in [1.165, 1.54) is 22.4 Å². The van der Waals surface area contributed by atoms with Crippen LogP contribution in [-0.4, -0.2) is 0 Å². The number of hydrogen-bond acceptors (Lipinski definition) is 3. The molecule has 0 heterocycles. The molecule has 162 valence electrons. The summed E-state index contributed by atoms with van der Waals surface area (Å²) in [5, 5.41) is 0. The van der Waals surface area contributed by atoms with Crippen molar-refractivity contribution in [3.63, 3.8) is 0 Å². The van der Waals surface area contributed by atoms with Gasteiger partial charge in [0, 0.05) is 28.4 Å². The van der Waals surface area contributed by atoms with Gasteiger partial charge in [0.05, 0.1) is 0 Å². The van der Waals surface area contributed by atoms with Gasteiger partial charge in [-0.1, -0.05) is 60.7 Å². The number of rotatable bonds is 5. The highest BCUT2D eigenvalue weighted by molar-refractivity contribution is 5.76. The molecule has 1 aliphatic carbocycles. The molecule has 33 heavy (non-hydrogen) atoms. The minimum atomic E-state index is 0.779. The van der Waals surface area contributed by atoms with Crippen molar-refractivity contribution in [2.45, 2.75) is 12.8 Å². The van der Waals surface area contributed by atoms with E-state index in [1.807, 2.05) is 24.3 Å². The molecule has 0 amide bonds. The Morgan fingerprint density at radius 1 is 0.485 bits per heavy atom. The van der Waals surface area contributed by atoms with Gasteiger partial charge >= 0.3 is 0 Å². The largest absolute Gasteiger partial charge is 0.399 e. The molecule has 0 saturated heterocycles. The number of hydrogen-bond donors (Lipinski definition) is 2. The maximum Gasteiger partial charge on any atom is 0.0458 e. The molecule has 0 bridgehead atoms. The number of para-hydroxylation sites is 1. The molecule has 3 nitrogen and oxygen atoms in total. The van der Waals surface area contributed by atoms with Gasteiger partial charge in [-0.3, -0.25) is 0 Å². The zero-order valence-electron chi connectivity index (χ0n) is 18.5. The minimum Gasteiger partial charge on any atom is -0.399 e. The maximum absolute atomic E-state index is 5.86. The molecule has 0 atom stereocenters. The van der Waals surface area contributed by atoms with Gasteiger partial charge in [-0.25, -0.2) is 0 Å². The summed E-state index contributed by atoms with van der Waals surface area (Å²) < 4.78 is 0. The molecular formula is C30H27N3. The SMILES string of the molecule is Nc1ccc(C2=CC=C(N(c3ccccc3)c3ccc(-c4ccc(N)cc4)cc3)CC2)cc1. The van der Waals surface area contributed by atoms with Crippen molar-refractivity contribution in [1.29, 1.82) is 0 Å². The monoisotopic (exact) mass is 429 g/mol. The van der Waals surface area contributed by atoms with E-state index in [9.17, 15) is 0 Å². The van der Waals surface area contributed by atoms with E-state index in [4.69, 9.17) is 11.5 Å². The fraction of sp³-hybridized carbons (Fsp3) is 0.0667. The Morgan fingerprint density at radius 3 is 1.55 bits per heavy atom. The van der Waals surface area contributed by atoms with E-state index in [1.54, 1.807) is 0 Å². The lowest BCUT2D eigenvalue weighted by atomic mass is 9.94. The maximum atomic E-state index is 5.86. The van der Waals surface area contributed by atoms with Crippen LogP contribution in [-0.2, 0) is 0 Å². The molecule has 0 radical (unpaired) electrons. The smallest absolute Gasteiger partial charge is 0.0458 e. The van der Waals surface area contributed by atoms with Crippen LogP contribution in [0.5, 0.6) is 0 Å². The number of nitrogens with two attached hydrogens (primary N) is 2. The first kappa shape index (κ1) is 20.7. The lowest BCUT2D eigenvalue weighted by Gasteiger charge is -2.30. The molecule has 0 saturated carbocycles. The third kappa shape index (κ3) is 4.53. The summed E-state index contributed by atoms with van der Waals surface area (Å²) in [5.41, 5.74) is 21.8. The summed E-state index contributed by atoms with van der Waals surface area (Å²) in [6.07, 6.45) is 6.44. The van der Waals surface area contributed by atoms with Crippen LogP contribution in [0, 0.1) is 0 Å². The lowest BCUT2D eigenvalue weighted by Crippen LogP contribution is -2.17. The molecule has 0 aliphatic heterocycles. The first-order chi connectivity index (χ1) is 16.2. The van der Waals surface area contributed by atoms with E-state index in [-0.39, 0.29) is 0 Å². The number of benzene rings is 4. The van der Waals surface area contributed by atoms with Gasteiger partial charge in [-0.05, 0) is 89.7 Å². The molecule has 0 spiro atoms. The van der Waals surface area contributed by atoms with Gasteiger partial charge in [0.1, 0.15) is 0 Å². The molecule has 4 N–H and O–H groups in total. The normalized spacial score (nSPS) is 13.2. The summed E-state index contributed by atoms with van der Waals surface area (Å²) >= 11 is 0. The summed E-state index contributed by atoms with van der Waals surface area (Å²) in [4.78, 5) is 2.35. The van der Waals surface area contributed by atoms with Crippen molar-refractivity contribution < 1.29 is 0 Å². The summed E-state index contributed by atoms with van der Waals surface area (Å²) in [6.45, 7) is 0. The van der Waals surface area contributed by atoms with Gasteiger partial charge in [0.15, 0.2) is 0 Å². The van der Waals surface area contributed by atoms with Crippen LogP contribution in [0.4, 0.5) is 22.7 Å². The molecule has 0 aromatic heterocycles. The van der Waals surface area contributed by atoms with Crippen molar-refractivity contribution in [3.8, 4) is 11.1 Å². The quantitative estimate of drug-likeness (QED) is 0.325. The average Bonchev–Trinajstić information content (AvgIpc) is 2.87. The van der Waals surface area contributed by atoms with Gasteiger partial charge in [0.2, 0.25) is 0 Å². The van der Waals surface area contributed by atoms with Crippen molar-refractivity contribution in [2.24, 2.45) is 0 Å². The Bertz CT molecular complexity index is 1280. The van der Waals surface area contributed by atoms with E-state index in [0.29, 0.717) is 0 Å². The summed E-state index contributed by atoms with van der Waals surface area (Å²) in [6, 6.07) is 35.4. The van der Waals surface area contributed by atoms with Crippen LogP contribution in [0.15, 0.2) is 121 Å². The number of nitrogen functional groups attached to an aromatic ring is 2. The predicted molar refractivity (Wildman–Crippen MR) is 141 cm³/mol. The second-order valence-electron chi connectivity index (χ2n) is 8.31. The molecule has 0 unspecified atom stereocenters. The molecule has 5 rings (SSSR count). The van der Waals surface area contributed by atoms with Crippen molar-refractivity contribution in [1.82, 2.24) is 0 Å². The highest BCUT2D eigenvalue weighted by Gasteiger charge is 2.18. The molecule has 3 heteroatoms. The van der Waals surface area contributed by atoms with Gasteiger partial charge in [-0.2, -0.15) is 0 Å². The average molecular weight is 430 g/mol. The van der Waals surface area contributed by atoms with Crippen LogP contribution in [0.2, 0.25) is 0 Å². The third-order valence-electron chi connectivity index (χ3n) is 6.08. The van der Waals surface area contributed by atoms with Crippen LogP contribution >= 0.6 is 0 Å². The summed E-state index contributed by atoms with van der Waals surface area (Å²) in [5.74, 6) is 0. The first-order valence-corrected chi connectivity index (χ1v) is 11.2. The minimum absolute atomic E-state index is 0.779. The molecule has 1 aliphatic rings. The number of anilines is 4. The van der Waals surface area contributed by atoms with Gasteiger partial charge < -0.3 is 16.4 Å². The second-order valence-corrected chi connectivity index (χ2v) is 8.31. The topological polar surface area (TPSA) is 55.3 Å². The fourth-order valence-corrected chi connectivity index (χ4v) is 4.29. The Hall–Kier alpha value is -4.24. The van der Waals surface area contributed by atoms with Crippen molar-refractivity contribution >= 4 is 28.3 Å². The molecule has 0 fully saturated rings. The predicted octanol–water partition coefficient (Wildman–Crippen LogP) is 7.42. The van der Waals surface area contributed by atoms with Crippen molar-refractivity contribution in [3.05, 3.63) is 127 Å². The Kier molecular flexibility index (Phi) is 5.69. The number of allylic oxidation sites excluding steroid dienone is 4. The van der Waals surface area contributed by atoms with Gasteiger partial charge in [-0.15, -0.1) is 0 Å². The standard InChI is InChI=1S/C30H27N3/c31-26-14-6-22(7-15-26)24-10-18-29(19-11-24)33(28-4-2-1-3-5-28)30-20-12-25(13-21-30)23-8-16-27(32)17-9-23/h1-12,14-20H,13,21,31-32H2. The molecular weight excluding hydrogens is 402 g/mol. The Morgan fingerprint density at radius 2 is 1.00 bits per heavy atom. The van der Waals surface area contributed by atoms with E-state index >= 15 is 0 Å². The van der Waals surface area contributed by atoms with Crippen LogP contribution < -0.4 is 16.4 Å². The molecule has 4 aromatic rings. The van der Waals surface area contributed by atoms with Crippen LogP contribution in [0.25, 0.3) is 16.7 Å². The highest BCUT2D eigenvalue weighted by Crippen LogP contribution is 2.37. The highest BCUT2D eigenvalue weighted by atomic mass is 15.1. The van der Waals surface area contributed by atoms with E-state index in [2.05, 4.69) is 95.9 Å². The third-order valence-corrected chi connectivity index (χ3v) is 6.08. The lowest BCUT2D eigenvalue weighted by molar-refractivity contribution is 0.930.